The van der Waals surface area contributed by atoms with Gasteiger partial charge in [-0.3, -0.25) is 10.0 Å². The third-order valence-corrected chi connectivity index (χ3v) is 7.34. The van der Waals surface area contributed by atoms with Gasteiger partial charge in [0.2, 0.25) is 10.0 Å². The Hall–Kier alpha value is -2.88. The van der Waals surface area contributed by atoms with Crippen LogP contribution in [-0.4, -0.2) is 41.6 Å². The number of para-hydroxylation sites is 1. The molecule has 1 amide bonds. The SMILES string of the molecule is COc1ccc(S(=O)(=O)N2Cc3c(c4ccccc4n3C)C[C@@H]2C(=O)NO)cc1. The molecule has 0 unspecified atom stereocenters. The Morgan fingerprint density at radius 2 is 1.86 bits per heavy atom. The monoisotopic (exact) mass is 415 g/mol. The van der Waals surface area contributed by atoms with Gasteiger partial charge in [0.25, 0.3) is 5.91 Å². The van der Waals surface area contributed by atoms with Crippen LogP contribution in [0.5, 0.6) is 5.75 Å². The average molecular weight is 415 g/mol. The fourth-order valence-electron chi connectivity index (χ4n) is 3.94. The van der Waals surface area contributed by atoms with Gasteiger partial charge >= 0.3 is 0 Å². The first-order valence-electron chi connectivity index (χ1n) is 9.03. The molecule has 9 heteroatoms. The molecule has 0 radical (unpaired) electrons. The molecule has 1 aliphatic rings. The maximum atomic E-state index is 13.4. The summed E-state index contributed by atoms with van der Waals surface area (Å²) in [4.78, 5) is 12.5. The summed E-state index contributed by atoms with van der Waals surface area (Å²) in [6.07, 6.45) is 0.165. The van der Waals surface area contributed by atoms with E-state index < -0.39 is 22.0 Å². The van der Waals surface area contributed by atoms with Gasteiger partial charge in [0, 0.05) is 30.1 Å². The summed E-state index contributed by atoms with van der Waals surface area (Å²) >= 11 is 0. The fraction of sp³-hybridized carbons (Fsp3) is 0.250. The molecule has 152 valence electrons. The third kappa shape index (κ3) is 3.07. The Kier molecular flexibility index (Phi) is 4.81. The van der Waals surface area contributed by atoms with Crippen LogP contribution in [0, 0.1) is 0 Å². The zero-order valence-corrected chi connectivity index (χ0v) is 16.8. The number of hydrogen-bond donors (Lipinski definition) is 2. The highest BCUT2D eigenvalue weighted by Crippen LogP contribution is 2.35. The van der Waals surface area contributed by atoms with Gasteiger partial charge < -0.3 is 9.30 Å². The Balaban J connectivity index is 1.84. The minimum absolute atomic E-state index is 0.0208. The molecular formula is C20H21N3O5S. The van der Waals surface area contributed by atoms with Crippen LogP contribution in [0.2, 0.25) is 0 Å². The summed E-state index contributed by atoms with van der Waals surface area (Å²) in [6.45, 7) is 0.0208. The number of aromatic nitrogens is 1. The highest BCUT2D eigenvalue weighted by molar-refractivity contribution is 7.89. The Bertz CT molecular complexity index is 1180. The molecular weight excluding hydrogens is 394 g/mol. The summed E-state index contributed by atoms with van der Waals surface area (Å²) in [6, 6.07) is 12.7. The molecule has 2 aromatic carbocycles. The van der Waals surface area contributed by atoms with Crippen LogP contribution in [-0.2, 0) is 34.8 Å². The van der Waals surface area contributed by atoms with Crippen molar-refractivity contribution in [3.8, 4) is 5.75 Å². The molecule has 0 fully saturated rings. The van der Waals surface area contributed by atoms with Gasteiger partial charge in [-0.1, -0.05) is 18.2 Å². The van der Waals surface area contributed by atoms with Crippen LogP contribution in [0.25, 0.3) is 10.9 Å². The van der Waals surface area contributed by atoms with Crippen molar-refractivity contribution in [1.82, 2.24) is 14.4 Å². The van der Waals surface area contributed by atoms with Crippen molar-refractivity contribution in [1.29, 1.82) is 0 Å². The number of benzene rings is 2. The van der Waals surface area contributed by atoms with E-state index in [0.29, 0.717) is 5.75 Å². The highest BCUT2D eigenvalue weighted by atomic mass is 32.2. The van der Waals surface area contributed by atoms with Crippen molar-refractivity contribution in [3.63, 3.8) is 0 Å². The van der Waals surface area contributed by atoms with E-state index in [1.165, 1.54) is 19.2 Å². The molecule has 2 N–H and O–H groups in total. The van der Waals surface area contributed by atoms with Gasteiger partial charge in [-0.15, -0.1) is 0 Å². The normalized spacial score (nSPS) is 17.1. The lowest BCUT2D eigenvalue weighted by molar-refractivity contribution is -0.133. The summed E-state index contributed by atoms with van der Waals surface area (Å²) < 4.78 is 34.9. The zero-order chi connectivity index (χ0) is 20.8. The lowest BCUT2D eigenvalue weighted by Gasteiger charge is -2.33. The summed E-state index contributed by atoms with van der Waals surface area (Å²) in [7, 11) is -0.618. The van der Waals surface area contributed by atoms with E-state index >= 15 is 0 Å². The van der Waals surface area contributed by atoms with E-state index in [0.717, 1.165) is 26.5 Å². The maximum Gasteiger partial charge on any atom is 0.262 e. The Morgan fingerprint density at radius 3 is 2.52 bits per heavy atom. The van der Waals surface area contributed by atoms with Crippen LogP contribution >= 0.6 is 0 Å². The lowest BCUT2D eigenvalue weighted by Crippen LogP contribution is -2.52. The molecule has 8 nitrogen and oxygen atoms in total. The number of amides is 1. The van der Waals surface area contributed by atoms with E-state index in [9.17, 15) is 18.4 Å². The van der Waals surface area contributed by atoms with E-state index in [-0.39, 0.29) is 17.9 Å². The number of sulfonamides is 1. The number of methoxy groups -OCH3 is 1. The van der Waals surface area contributed by atoms with Gasteiger partial charge in [-0.05, 0) is 35.9 Å². The van der Waals surface area contributed by atoms with Gasteiger partial charge in [0.05, 0.1) is 18.6 Å². The first kappa shape index (κ1) is 19.4. The number of carbonyl (C=O) groups excluding carboxylic acids is 1. The van der Waals surface area contributed by atoms with E-state index in [1.54, 1.807) is 17.6 Å². The molecule has 3 aromatic rings. The number of carbonyl (C=O) groups is 1. The number of nitrogens with zero attached hydrogens (tertiary/aromatic N) is 2. The largest absolute Gasteiger partial charge is 0.497 e. The second-order valence-corrected chi connectivity index (χ2v) is 8.81. The Labute approximate surface area is 168 Å². The number of hydroxylamine groups is 1. The van der Waals surface area contributed by atoms with Crippen molar-refractivity contribution in [2.75, 3.05) is 7.11 Å². The van der Waals surface area contributed by atoms with Crippen molar-refractivity contribution in [2.24, 2.45) is 7.05 Å². The number of nitrogens with one attached hydrogen (secondary N) is 1. The second kappa shape index (κ2) is 7.18. The standard InChI is InChI=1S/C20H21N3O5S/c1-22-17-6-4-3-5-15(17)16-11-18(20(24)21-25)23(12-19(16)22)29(26,27)14-9-7-13(28-2)8-10-14/h3-10,18,25H,11-12H2,1-2H3,(H,21,24)/t18-/m1/s1. The van der Waals surface area contributed by atoms with Crippen LogP contribution in [0.4, 0.5) is 0 Å². The molecule has 0 aliphatic carbocycles. The van der Waals surface area contributed by atoms with E-state index in [2.05, 4.69) is 0 Å². The zero-order valence-electron chi connectivity index (χ0n) is 16.0. The van der Waals surface area contributed by atoms with Gasteiger partial charge in [0.15, 0.2) is 0 Å². The molecule has 0 bridgehead atoms. The Morgan fingerprint density at radius 1 is 1.17 bits per heavy atom. The number of fused-ring (bicyclic) bond motifs is 3. The molecule has 2 heterocycles. The van der Waals surface area contributed by atoms with Crippen molar-refractivity contribution < 1.29 is 23.2 Å². The topological polar surface area (TPSA) is 101 Å². The average Bonchev–Trinajstić information content (AvgIpc) is 3.04. The van der Waals surface area contributed by atoms with Crippen LogP contribution in [0.1, 0.15) is 11.3 Å². The number of rotatable bonds is 4. The first-order chi connectivity index (χ1) is 13.9. The van der Waals surface area contributed by atoms with Gasteiger partial charge in [0.1, 0.15) is 11.8 Å². The van der Waals surface area contributed by atoms with Crippen LogP contribution in [0.15, 0.2) is 53.4 Å². The highest BCUT2D eigenvalue weighted by Gasteiger charge is 2.41. The quantitative estimate of drug-likeness (QED) is 0.500. The molecule has 0 saturated carbocycles. The van der Waals surface area contributed by atoms with E-state index in [4.69, 9.17) is 4.74 Å². The smallest absolute Gasteiger partial charge is 0.262 e. The molecule has 4 rings (SSSR count). The maximum absolute atomic E-state index is 13.4. The predicted octanol–water partition coefficient (Wildman–Crippen LogP) is 1.81. The minimum Gasteiger partial charge on any atom is -0.497 e. The summed E-state index contributed by atoms with van der Waals surface area (Å²) in [5, 5.41) is 10.2. The molecule has 29 heavy (non-hydrogen) atoms. The molecule has 0 spiro atoms. The van der Waals surface area contributed by atoms with Gasteiger partial charge in [-0.2, -0.15) is 4.31 Å². The van der Waals surface area contributed by atoms with Crippen molar-refractivity contribution in [3.05, 3.63) is 59.8 Å². The molecule has 1 atom stereocenters. The van der Waals surface area contributed by atoms with Crippen molar-refractivity contribution >= 4 is 26.8 Å². The summed E-state index contributed by atoms with van der Waals surface area (Å²) in [5.41, 5.74) is 4.32. The fourth-order valence-corrected chi connectivity index (χ4v) is 5.49. The predicted molar refractivity (Wildman–Crippen MR) is 106 cm³/mol. The first-order valence-corrected chi connectivity index (χ1v) is 10.5. The van der Waals surface area contributed by atoms with Gasteiger partial charge in [-0.25, -0.2) is 13.9 Å². The molecule has 0 saturated heterocycles. The number of hydrogen-bond acceptors (Lipinski definition) is 5. The second-order valence-electron chi connectivity index (χ2n) is 6.92. The molecule has 1 aliphatic heterocycles. The third-order valence-electron chi connectivity index (χ3n) is 5.47. The number of aryl methyl sites for hydroxylation is 1. The minimum atomic E-state index is -4.00. The van der Waals surface area contributed by atoms with Crippen LogP contribution < -0.4 is 10.2 Å². The summed E-state index contributed by atoms with van der Waals surface area (Å²) in [5.74, 6) is -0.233. The van der Waals surface area contributed by atoms with Crippen molar-refractivity contribution in [2.45, 2.75) is 23.9 Å². The lowest BCUT2D eigenvalue weighted by atomic mass is 9.98. The van der Waals surface area contributed by atoms with Crippen LogP contribution in [0.3, 0.4) is 0 Å². The number of ether oxygens (including phenoxy) is 1. The molecule has 1 aromatic heterocycles. The van der Waals surface area contributed by atoms with E-state index in [1.807, 2.05) is 35.9 Å².